The van der Waals surface area contributed by atoms with Crippen molar-refractivity contribution in [3.05, 3.63) is 33.9 Å². The molecular weight excluding hydrogens is 180 g/mol. The van der Waals surface area contributed by atoms with Crippen molar-refractivity contribution in [1.82, 2.24) is 0 Å². The number of hydrogen-bond donors (Lipinski definition) is 0. The van der Waals surface area contributed by atoms with Crippen LogP contribution >= 0.6 is 0 Å². The Morgan fingerprint density at radius 3 is 2.64 bits per heavy atom. The van der Waals surface area contributed by atoms with Gasteiger partial charge in [-0.15, -0.1) is 0 Å². The number of Topliss-reactive ketones (excluding diaryl/α,β-unsaturated/α-hetero) is 1. The van der Waals surface area contributed by atoms with E-state index >= 15 is 0 Å². The molecule has 0 saturated heterocycles. The van der Waals surface area contributed by atoms with Gasteiger partial charge in [0.05, 0.1) is 5.56 Å². The quantitative estimate of drug-likeness (QED) is 0.629. The fourth-order valence-corrected chi connectivity index (χ4v) is 1.86. The third-order valence-electron chi connectivity index (χ3n) is 2.49. The van der Waals surface area contributed by atoms with Crippen LogP contribution in [0.1, 0.15) is 36.4 Å². The lowest BCUT2D eigenvalue weighted by atomic mass is 9.76. The summed E-state index contributed by atoms with van der Waals surface area (Å²) >= 11 is 0. The molecule has 3 heteroatoms. The van der Waals surface area contributed by atoms with E-state index in [-0.39, 0.29) is 16.8 Å². The van der Waals surface area contributed by atoms with E-state index in [1.165, 1.54) is 6.07 Å². The first kappa shape index (κ1) is 9.19. The Morgan fingerprint density at radius 1 is 1.21 bits per heavy atom. The van der Waals surface area contributed by atoms with Crippen LogP contribution in [0.5, 0.6) is 0 Å². The molecule has 14 heavy (non-hydrogen) atoms. The number of carbonyl (C=O) groups excluding carboxylic acids is 1. The van der Waals surface area contributed by atoms with Gasteiger partial charge < -0.3 is 4.42 Å². The second-order valence-corrected chi connectivity index (χ2v) is 4.53. The van der Waals surface area contributed by atoms with E-state index in [1.54, 1.807) is 6.07 Å². The lowest BCUT2D eigenvalue weighted by molar-refractivity contribution is 0.0897. The minimum Gasteiger partial charge on any atom is -0.427 e. The van der Waals surface area contributed by atoms with Gasteiger partial charge in [0, 0.05) is 18.9 Å². The van der Waals surface area contributed by atoms with E-state index in [1.807, 2.05) is 13.8 Å². The van der Waals surface area contributed by atoms with Gasteiger partial charge in [-0.25, -0.2) is 4.79 Å². The molecule has 0 radical (unpaired) electrons. The molecule has 3 nitrogen and oxygen atoms in total. The summed E-state index contributed by atoms with van der Waals surface area (Å²) in [5.41, 5.74) is 0.0969. The van der Waals surface area contributed by atoms with Crippen molar-refractivity contribution in [1.29, 1.82) is 0 Å². The fourth-order valence-electron chi connectivity index (χ4n) is 1.86. The standard InChI is InChI=1S/C11H12O3/c1-11(2)5-8(12)7-3-4-10(13)14-9(7)6-11/h3-4H,5-6H2,1-2H3. The lowest BCUT2D eigenvalue weighted by Gasteiger charge is -2.28. The van der Waals surface area contributed by atoms with Crippen LogP contribution in [0.2, 0.25) is 0 Å². The molecule has 0 fully saturated rings. The molecule has 0 N–H and O–H groups in total. The van der Waals surface area contributed by atoms with Gasteiger partial charge >= 0.3 is 5.63 Å². The van der Waals surface area contributed by atoms with Crippen LogP contribution in [-0.4, -0.2) is 5.78 Å². The highest BCUT2D eigenvalue weighted by molar-refractivity contribution is 5.98. The molecule has 1 aromatic heterocycles. The van der Waals surface area contributed by atoms with Crippen LogP contribution in [0, 0.1) is 5.41 Å². The van der Waals surface area contributed by atoms with Gasteiger partial charge in [-0.05, 0) is 11.5 Å². The second-order valence-electron chi connectivity index (χ2n) is 4.53. The molecule has 1 aliphatic carbocycles. The van der Waals surface area contributed by atoms with Crippen LogP contribution in [-0.2, 0) is 6.42 Å². The monoisotopic (exact) mass is 192 g/mol. The second kappa shape index (κ2) is 2.80. The van der Waals surface area contributed by atoms with Crippen LogP contribution in [0.3, 0.4) is 0 Å². The van der Waals surface area contributed by atoms with Gasteiger partial charge in [0.2, 0.25) is 0 Å². The normalized spacial score (nSPS) is 19.1. The molecule has 1 heterocycles. The highest BCUT2D eigenvalue weighted by Gasteiger charge is 2.32. The van der Waals surface area contributed by atoms with Crippen molar-refractivity contribution in [2.75, 3.05) is 0 Å². The zero-order valence-electron chi connectivity index (χ0n) is 8.29. The van der Waals surface area contributed by atoms with Crippen LogP contribution in [0.15, 0.2) is 21.3 Å². The molecule has 1 aromatic rings. The van der Waals surface area contributed by atoms with Crippen molar-refractivity contribution in [3.63, 3.8) is 0 Å². The molecular formula is C11H12O3. The predicted molar refractivity (Wildman–Crippen MR) is 51.4 cm³/mol. The van der Waals surface area contributed by atoms with E-state index in [4.69, 9.17) is 4.42 Å². The highest BCUT2D eigenvalue weighted by atomic mass is 16.4. The Hall–Kier alpha value is -1.38. The van der Waals surface area contributed by atoms with Crippen LogP contribution in [0.4, 0.5) is 0 Å². The molecule has 0 bridgehead atoms. The predicted octanol–water partition coefficient (Wildman–Crippen LogP) is 1.79. The molecule has 0 spiro atoms. The number of hydrogen-bond acceptors (Lipinski definition) is 3. The molecule has 0 unspecified atom stereocenters. The van der Waals surface area contributed by atoms with E-state index in [0.717, 1.165) is 0 Å². The smallest absolute Gasteiger partial charge is 0.335 e. The number of fused-ring (bicyclic) bond motifs is 1. The van der Waals surface area contributed by atoms with E-state index in [2.05, 4.69) is 0 Å². The van der Waals surface area contributed by atoms with Gasteiger partial charge in [-0.1, -0.05) is 13.8 Å². The summed E-state index contributed by atoms with van der Waals surface area (Å²) in [6.07, 6.45) is 1.18. The van der Waals surface area contributed by atoms with Gasteiger partial charge in [-0.3, -0.25) is 4.79 Å². The summed E-state index contributed by atoms with van der Waals surface area (Å²) in [5.74, 6) is 0.610. The van der Waals surface area contributed by atoms with Gasteiger partial charge in [0.25, 0.3) is 0 Å². The molecule has 0 saturated carbocycles. The Balaban J connectivity index is 2.56. The van der Waals surface area contributed by atoms with Crippen LogP contribution in [0.25, 0.3) is 0 Å². The Bertz CT molecular complexity index is 440. The third kappa shape index (κ3) is 1.50. The summed E-state index contributed by atoms with van der Waals surface area (Å²) in [6.45, 7) is 4.00. The molecule has 1 aliphatic rings. The van der Waals surface area contributed by atoms with Crippen molar-refractivity contribution < 1.29 is 9.21 Å². The first-order valence-electron chi connectivity index (χ1n) is 4.64. The minimum absolute atomic E-state index is 0.0694. The molecule has 0 atom stereocenters. The molecule has 74 valence electrons. The van der Waals surface area contributed by atoms with Crippen molar-refractivity contribution in [2.45, 2.75) is 26.7 Å². The van der Waals surface area contributed by atoms with Gasteiger partial charge in [0.15, 0.2) is 5.78 Å². The van der Waals surface area contributed by atoms with Crippen molar-refractivity contribution >= 4 is 5.78 Å². The Kier molecular flexibility index (Phi) is 1.84. The van der Waals surface area contributed by atoms with E-state index in [9.17, 15) is 9.59 Å². The summed E-state index contributed by atoms with van der Waals surface area (Å²) in [5, 5.41) is 0. The largest absolute Gasteiger partial charge is 0.427 e. The SMILES string of the molecule is CC1(C)CC(=O)c2ccc(=O)oc2C1. The fraction of sp³-hybridized carbons (Fsp3) is 0.455. The maximum Gasteiger partial charge on any atom is 0.335 e. The Labute approximate surface area is 81.7 Å². The molecule has 0 aromatic carbocycles. The van der Waals surface area contributed by atoms with Crippen molar-refractivity contribution in [3.8, 4) is 0 Å². The average Bonchev–Trinajstić information content (AvgIpc) is 2.00. The lowest BCUT2D eigenvalue weighted by Crippen LogP contribution is -2.27. The van der Waals surface area contributed by atoms with Gasteiger partial charge in [0.1, 0.15) is 5.76 Å². The highest BCUT2D eigenvalue weighted by Crippen LogP contribution is 2.33. The number of ketones is 1. The summed E-state index contributed by atoms with van der Waals surface area (Å²) < 4.78 is 5.03. The minimum atomic E-state index is -0.380. The maximum absolute atomic E-state index is 11.7. The topological polar surface area (TPSA) is 47.3 Å². The molecule has 2 rings (SSSR count). The average molecular weight is 192 g/mol. The Morgan fingerprint density at radius 2 is 1.93 bits per heavy atom. The summed E-state index contributed by atoms with van der Waals surface area (Å²) in [7, 11) is 0. The zero-order valence-corrected chi connectivity index (χ0v) is 8.29. The maximum atomic E-state index is 11.7. The molecule has 0 amide bonds. The zero-order chi connectivity index (χ0) is 10.3. The summed E-state index contributed by atoms with van der Waals surface area (Å²) in [6, 6.07) is 2.87. The first-order valence-corrected chi connectivity index (χ1v) is 4.64. The van der Waals surface area contributed by atoms with E-state index in [0.29, 0.717) is 24.2 Å². The number of carbonyl (C=O) groups is 1. The summed E-state index contributed by atoms with van der Waals surface area (Å²) in [4.78, 5) is 22.6. The third-order valence-corrected chi connectivity index (χ3v) is 2.49. The first-order chi connectivity index (χ1) is 6.48. The van der Waals surface area contributed by atoms with Crippen LogP contribution < -0.4 is 5.63 Å². The molecule has 0 aliphatic heterocycles. The van der Waals surface area contributed by atoms with Crippen molar-refractivity contribution in [2.24, 2.45) is 5.41 Å². The van der Waals surface area contributed by atoms with Gasteiger partial charge in [-0.2, -0.15) is 0 Å². The number of rotatable bonds is 0. The van der Waals surface area contributed by atoms with E-state index < -0.39 is 0 Å².